The maximum Gasteiger partial charge on any atom is 0.123 e. The van der Waals surface area contributed by atoms with Crippen LogP contribution < -0.4 is 0 Å². The lowest BCUT2D eigenvalue weighted by molar-refractivity contribution is 0.806. The van der Waals surface area contributed by atoms with Crippen molar-refractivity contribution in [3.8, 4) is 6.07 Å². The van der Waals surface area contributed by atoms with Crippen LogP contribution in [0.5, 0.6) is 0 Å². The fraction of sp³-hybridized carbons (Fsp3) is 0.400. The molecule has 0 fully saturated rings. The average molecular weight is 175 g/mol. The standard InChI is InChI=1S/C10H13N3/c1-4-5-9-8(2)13(3)10(12-9)6-7-11/h4-5H,6H2,1-3H3. The maximum absolute atomic E-state index is 8.55. The van der Waals surface area contributed by atoms with Crippen molar-refractivity contribution in [1.29, 1.82) is 5.26 Å². The monoisotopic (exact) mass is 175 g/mol. The SMILES string of the molecule is CC=Cc1nc(CC#N)n(C)c1C. The number of rotatable bonds is 2. The summed E-state index contributed by atoms with van der Waals surface area (Å²) in [7, 11) is 1.93. The first-order valence-electron chi connectivity index (χ1n) is 4.22. The molecule has 0 atom stereocenters. The van der Waals surface area contributed by atoms with E-state index in [0.717, 1.165) is 17.2 Å². The van der Waals surface area contributed by atoms with E-state index in [1.807, 2.05) is 37.6 Å². The lowest BCUT2D eigenvalue weighted by Gasteiger charge is -1.97. The van der Waals surface area contributed by atoms with Crippen LogP contribution in [0, 0.1) is 18.3 Å². The summed E-state index contributed by atoms with van der Waals surface area (Å²) in [4.78, 5) is 4.34. The first-order valence-corrected chi connectivity index (χ1v) is 4.22. The Morgan fingerprint density at radius 2 is 2.31 bits per heavy atom. The maximum atomic E-state index is 8.55. The van der Waals surface area contributed by atoms with Gasteiger partial charge in [-0.3, -0.25) is 0 Å². The molecule has 1 aromatic heterocycles. The minimum absolute atomic E-state index is 0.370. The van der Waals surface area contributed by atoms with E-state index in [9.17, 15) is 0 Å². The highest BCUT2D eigenvalue weighted by Crippen LogP contribution is 2.11. The molecule has 1 rings (SSSR count). The van der Waals surface area contributed by atoms with Crippen molar-refractivity contribution < 1.29 is 0 Å². The van der Waals surface area contributed by atoms with Crippen molar-refractivity contribution in [2.75, 3.05) is 0 Å². The van der Waals surface area contributed by atoms with Gasteiger partial charge in [0.15, 0.2) is 0 Å². The summed E-state index contributed by atoms with van der Waals surface area (Å²) in [6.45, 7) is 3.96. The Bertz CT molecular complexity index is 366. The molecule has 3 heteroatoms. The number of imidazole rings is 1. The van der Waals surface area contributed by atoms with Gasteiger partial charge in [0.25, 0.3) is 0 Å². The molecule has 13 heavy (non-hydrogen) atoms. The van der Waals surface area contributed by atoms with Crippen LogP contribution >= 0.6 is 0 Å². The molecule has 0 saturated heterocycles. The largest absolute Gasteiger partial charge is 0.334 e. The molecule has 3 nitrogen and oxygen atoms in total. The molecule has 0 aromatic carbocycles. The number of allylic oxidation sites excluding steroid dienone is 1. The lowest BCUT2D eigenvalue weighted by Crippen LogP contribution is -1.97. The van der Waals surface area contributed by atoms with Crippen LogP contribution in [-0.2, 0) is 13.5 Å². The van der Waals surface area contributed by atoms with Crippen molar-refractivity contribution in [1.82, 2.24) is 9.55 Å². The summed E-state index contributed by atoms with van der Waals surface area (Å²) in [5, 5.41) is 8.55. The van der Waals surface area contributed by atoms with Crippen LogP contribution in [0.2, 0.25) is 0 Å². The van der Waals surface area contributed by atoms with Gasteiger partial charge in [-0.15, -0.1) is 0 Å². The van der Waals surface area contributed by atoms with Crippen LogP contribution in [0.15, 0.2) is 6.08 Å². The fourth-order valence-electron chi connectivity index (χ4n) is 1.20. The third-order valence-corrected chi connectivity index (χ3v) is 2.07. The van der Waals surface area contributed by atoms with Gasteiger partial charge in [0.1, 0.15) is 5.82 Å². The first kappa shape index (κ1) is 9.53. The highest BCUT2D eigenvalue weighted by Gasteiger charge is 2.07. The minimum Gasteiger partial charge on any atom is -0.334 e. The van der Waals surface area contributed by atoms with Crippen molar-refractivity contribution >= 4 is 6.08 Å². The number of nitriles is 1. The van der Waals surface area contributed by atoms with Crippen molar-refractivity contribution in [2.45, 2.75) is 20.3 Å². The Hall–Kier alpha value is -1.56. The highest BCUT2D eigenvalue weighted by atomic mass is 15.1. The quantitative estimate of drug-likeness (QED) is 0.688. The van der Waals surface area contributed by atoms with Gasteiger partial charge < -0.3 is 4.57 Å². The second-order valence-electron chi connectivity index (χ2n) is 2.89. The van der Waals surface area contributed by atoms with Crippen molar-refractivity contribution in [3.63, 3.8) is 0 Å². The zero-order valence-electron chi connectivity index (χ0n) is 8.20. The molecule has 1 heterocycles. The van der Waals surface area contributed by atoms with Gasteiger partial charge in [-0.1, -0.05) is 6.08 Å². The molecule has 68 valence electrons. The highest BCUT2D eigenvalue weighted by molar-refractivity contribution is 5.47. The zero-order chi connectivity index (χ0) is 9.84. The van der Waals surface area contributed by atoms with E-state index < -0.39 is 0 Å². The second kappa shape index (κ2) is 3.90. The third kappa shape index (κ3) is 1.78. The lowest BCUT2D eigenvalue weighted by atomic mass is 10.3. The molecular formula is C10H13N3. The number of hydrogen-bond acceptors (Lipinski definition) is 2. The van der Waals surface area contributed by atoms with E-state index in [2.05, 4.69) is 11.1 Å². The molecule has 0 aliphatic rings. The second-order valence-corrected chi connectivity index (χ2v) is 2.89. The predicted molar refractivity (Wildman–Crippen MR) is 52.0 cm³/mol. The van der Waals surface area contributed by atoms with E-state index in [-0.39, 0.29) is 0 Å². The topological polar surface area (TPSA) is 41.6 Å². The molecule has 0 spiro atoms. The van der Waals surface area contributed by atoms with Crippen LogP contribution in [-0.4, -0.2) is 9.55 Å². The first-order chi connectivity index (χ1) is 6.20. The zero-order valence-corrected chi connectivity index (χ0v) is 8.20. The predicted octanol–water partition coefficient (Wildman–Crippen LogP) is 1.83. The summed E-state index contributed by atoms with van der Waals surface area (Å²) >= 11 is 0. The van der Waals surface area contributed by atoms with E-state index in [1.165, 1.54) is 0 Å². The van der Waals surface area contributed by atoms with Gasteiger partial charge in [0, 0.05) is 12.7 Å². The van der Waals surface area contributed by atoms with Crippen molar-refractivity contribution in [3.05, 3.63) is 23.3 Å². The number of aromatic nitrogens is 2. The summed E-state index contributed by atoms with van der Waals surface area (Å²) < 4.78 is 1.96. The molecule has 0 unspecified atom stereocenters. The molecular weight excluding hydrogens is 162 g/mol. The molecule has 0 amide bonds. The average Bonchev–Trinajstić information content (AvgIpc) is 2.36. The van der Waals surface area contributed by atoms with Gasteiger partial charge in [0.05, 0.1) is 18.2 Å². The van der Waals surface area contributed by atoms with Crippen LogP contribution in [0.3, 0.4) is 0 Å². The van der Waals surface area contributed by atoms with E-state index in [0.29, 0.717) is 6.42 Å². The Morgan fingerprint density at radius 1 is 1.62 bits per heavy atom. The summed E-state index contributed by atoms with van der Waals surface area (Å²) in [5.41, 5.74) is 2.05. The van der Waals surface area contributed by atoms with Gasteiger partial charge in [-0.2, -0.15) is 5.26 Å². The van der Waals surface area contributed by atoms with Gasteiger partial charge in [-0.25, -0.2) is 4.98 Å². The Balaban J connectivity index is 3.13. The Morgan fingerprint density at radius 3 is 2.85 bits per heavy atom. The molecule has 0 aliphatic carbocycles. The van der Waals surface area contributed by atoms with E-state index in [4.69, 9.17) is 5.26 Å². The van der Waals surface area contributed by atoms with Crippen LogP contribution in [0.25, 0.3) is 6.08 Å². The summed E-state index contributed by atoms with van der Waals surface area (Å²) in [6.07, 6.45) is 4.27. The number of nitrogens with zero attached hydrogens (tertiary/aromatic N) is 3. The normalized spacial score (nSPS) is 10.6. The van der Waals surface area contributed by atoms with Gasteiger partial charge in [-0.05, 0) is 19.9 Å². The van der Waals surface area contributed by atoms with Crippen LogP contribution in [0.4, 0.5) is 0 Å². The third-order valence-electron chi connectivity index (χ3n) is 2.07. The molecule has 1 aromatic rings. The minimum atomic E-state index is 0.370. The Labute approximate surface area is 78.3 Å². The smallest absolute Gasteiger partial charge is 0.123 e. The Kier molecular flexibility index (Phi) is 2.86. The molecule has 0 bridgehead atoms. The summed E-state index contributed by atoms with van der Waals surface area (Å²) in [6, 6.07) is 2.10. The van der Waals surface area contributed by atoms with E-state index >= 15 is 0 Å². The van der Waals surface area contributed by atoms with Crippen molar-refractivity contribution in [2.24, 2.45) is 7.05 Å². The van der Waals surface area contributed by atoms with Gasteiger partial charge in [0.2, 0.25) is 0 Å². The summed E-state index contributed by atoms with van der Waals surface area (Å²) in [5.74, 6) is 0.827. The molecule has 0 aliphatic heterocycles. The molecule has 0 radical (unpaired) electrons. The van der Waals surface area contributed by atoms with Gasteiger partial charge >= 0.3 is 0 Å². The van der Waals surface area contributed by atoms with Crippen LogP contribution in [0.1, 0.15) is 24.1 Å². The molecule has 0 saturated carbocycles. The van der Waals surface area contributed by atoms with E-state index in [1.54, 1.807) is 0 Å². The fourth-order valence-corrected chi connectivity index (χ4v) is 1.20. The number of hydrogen-bond donors (Lipinski definition) is 0. The molecule has 0 N–H and O–H groups in total.